The predicted octanol–water partition coefficient (Wildman–Crippen LogP) is 4.45. The number of nitrogens with one attached hydrogen (secondary N) is 2. The van der Waals surface area contributed by atoms with Gasteiger partial charge < -0.3 is 15.0 Å². The maximum absolute atomic E-state index is 11.8. The molecule has 0 spiro atoms. The van der Waals surface area contributed by atoms with Crippen LogP contribution in [0.2, 0.25) is 5.02 Å². The third-order valence-corrected chi connectivity index (χ3v) is 3.68. The average Bonchev–Trinajstić information content (AvgIpc) is 2.92. The Morgan fingerprint density at radius 2 is 2.13 bits per heavy atom. The van der Waals surface area contributed by atoms with Gasteiger partial charge in [-0.05, 0) is 49.7 Å². The molecule has 0 unspecified atom stereocenters. The van der Waals surface area contributed by atoms with Gasteiger partial charge in [0.2, 0.25) is 5.95 Å². The first kappa shape index (κ1) is 15.4. The molecule has 0 aliphatic carbocycles. The number of fused-ring (bicyclic) bond motifs is 1. The maximum Gasteiger partial charge on any atom is 0.338 e. The molecule has 23 heavy (non-hydrogen) atoms. The number of imidazole rings is 1. The second kappa shape index (κ2) is 6.30. The van der Waals surface area contributed by atoms with Crippen LogP contribution in [0.5, 0.6) is 0 Å². The number of carbonyl (C=O) groups excluding carboxylic acids is 1. The van der Waals surface area contributed by atoms with Crippen LogP contribution >= 0.6 is 11.6 Å². The number of aryl methyl sites for hydroxylation is 1. The molecule has 2 aromatic carbocycles. The molecule has 6 heteroatoms. The zero-order valence-electron chi connectivity index (χ0n) is 12.8. The minimum absolute atomic E-state index is 0.343. The lowest BCUT2D eigenvalue weighted by Gasteiger charge is -2.06. The van der Waals surface area contributed by atoms with Crippen molar-refractivity contribution in [1.82, 2.24) is 9.97 Å². The van der Waals surface area contributed by atoms with E-state index in [2.05, 4.69) is 15.3 Å². The molecule has 118 valence electrons. The van der Waals surface area contributed by atoms with Crippen molar-refractivity contribution in [2.75, 3.05) is 11.9 Å². The Bertz CT molecular complexity index is 873. The first-order valence-corrected chi connectivity index (χ1v) is 7.64. The van der Waals surface area contributed by atoms with Crippen LogP contribution in [0.4, 0.5) is 11.6 Å². The predicted molar refractivity (Wildman–Crippen MR) is 91.5 cm³/mol. The van der Waals surface area contributed by atoms with Crippen LogP contribution in [0.1, 0.15) is 22.8 Å². The quantitative estimate of drug-likeness (QED) is 0.694. The summed E-state index contributed by atoms with van der Waals surface area (Å²) in [7, 11) is 0. The first-order chi connectivity index (χ1) is 11.1. The van der Waals surface area contributed by atoms with E-state index in [4.69, 9.17) is 16.3 Å². The normalized spacial score (nSPS) is 10.7. The van der Waals surface area contributed by atoms with Gasteiger partial charge in [-0.15, -0.1) is 0 Å². The zero-order chi connectivity index (χ0) is 16.4. The van der Waals surface area contributed by atoms with E-state index in [1.807, 2.05) is 25.1 Å². The molecular formula is C17H16ClN3O2. The van der Waals surface area contributed by atoms with E-state index < -0.39 is 0 Å². The van der Waals surface area contributed by atoms with Gasteiger partial charge in [-0.1, -0.05) is 17.7 Å². The number of ether oxygens (including phenoxy) is 1. The van der Waals surface area contributed by atoms with Crippen molar-refractivity contribution in [2.24, 2.45) is 0 Å². The highest BCUT2D eigenvalue weighted by molar-refractivity contribution is 6.30. The number of H-pyrrole nitrogens is 1. The van der Waals surface area contributed by atoms with Crippen molar-refractivity contribution in [1.29, 1.82) is 0 Å². The smallest absolute Gasteiger partial charge is 0.338 e. The van der Waals surface area contributed by atoms with Crippen molar-refractivity contribution >= 4 is 40.2 Å². The molecule has 0 saturated carbocycles. The van der Waals surface area contributed by atoms with Crippen LogP contribution in [0.25, 0.3) is 11.0 Å². The third kappa shape index (κ3) is 3.29. The van der Waals surface area contributed by atoms with Gasteiger partial charge in [-0.3, -0.25) is 0 Å². The second-order valence-corrected chi connectivity index (χ2v) is 5.56. The summed E-state index contributed by atoms with van der Waals surface area (Å²) in [6, 6.07) is 10.8. The molecule has 0 radical (unpaired) electrons. The van der Waals surface area contributed by atoms with Gasteiger partial charge in [0.1, 0.15) is 0 Å². The first-order valence-electron chi connectivity index (χ1n) is 7.27. The number of aromatic amines is 1. The Morgan fingerprint density at radius 1 is 1.30 bits per heavy atom. The number of rotatable bonds is 4. The topological polar surface area (TPSA) is 67.0 Å². The molecular weight excluding hydrogens is 314 g/mol. The minimum atomic E-state index is -0.343. The highest BCUT2D eigenvalue weighted by atomic mass is 35.5. The van der Waals surface area contributed by atoms with Crippen LogP contribution in [0, 0.1) is 6.92 Å². The molecule has 0 aliphatic heterocycles. The third-order valence-electron chi connectivity index (χ3n) is 3.45. The lowest BCUT2D eigenvalue weighted by molar-refractivity contribution is 0.0526. The number of hydrogen-bond acceptors (Lipinski definition) is 4. The molecule has 0 atom stereocenters. The monoisotopic (exact) mass is 329 g/mol. The molecule has 1 aromatic heterocycles. The highest BCUT2D eigenvalue weighted by Crippen LogP contribution is 2.24. The molecule has 5 nitrogen and oxygen atoms in total. The summed E-state index contributed by atoms with van der Waals surface area (Å²) in [5, 5.41) is 3.86. The maximum atomic E-state index is 11.8. The SMILES string of the molecule is CCOC(=O)c1ccc2nc(Nc3cc(Cl)ccc3C)[nH]c2c1. The Kier molecular flexibility index (Phi) is 4.21. The summed E-state index contributed by atoms with van der Waals surface area (Å²) in [4.78, 5) is 19.4. The fraction of sp³-hybridized carbons (Fsp3) is 0.176. The van der Waals surface area contributed by atoms with E-state index in [1.54, 1.807) is 25.1 Å². The van der Waals surface area contributed by atoms with Crippen LogP contribution in [0.15, 0.2) is 36.4 Å². The molecule has 3 rings (SSSR count). The largest absolute Gasteiger partial charge is 0.462 e. The lowest BCUT2D eigenvalue weighted by atomic mass is 10.2. The van der Waals surface area contributed by atoms with E-state index in [1.165, 1.54) is 0 Å². The second-order valence-electron chi connectivity index (χ2n) is 5.12. The molecule has 0 amide bonds. The lowest BCUT2D eigenvalue weighted by Crippen LogP contribution is -2.04. The van der Waals surface area contributed by atoms with Crippen molar-refractivity contribution in [3.8, 4) is 0 Å². The summed E-state index contributed by atoms with van der Waals surface area (Å²) in [5.74, 6) is 0.246. The van der Waals surface area contributed by atoms with Gasteiger partial charge in [-0.2, -0.15) is 0 Å². The molecule has 1 heterocycles. The number of anilines is 2. The van der Waals surface area contributed by atoms with Crippen LogP contribution in [-0.4, -0.2) is 22.5 Å². The summed E-state index contributed by atoms with van der Waals surface area (Å²) in [6.07, 6.45) is 0. The standard InChI is InChI=1S/C17H16ClN3O2/c1-3-23-16(22)11-5-7-13-15(8-11)21-17(19-13)20-14-9-12(18)6-4-10(14)2/h4-9H,3H2,1-2H3,(H2,19,20,21). The number of nitrogens with zero attached hydrogens (tertiary/aromatic N) is 1. The van der Waals surface area contributed by atoms with E-state index in [9.17, 15) is 4.79 Å². The Hall–Kier alpha value is -2.53. The van der Waals surface area contributed by atoms with Crippen LogP contribution in [0.3, 0.4) is 0 Å². The molecule has 2 N–H and O–H groups in total. The van der Waals surface area contributed by atoms with Gasteiger partial charge in [0.15, 0.2) is 0 Å². The summed E-state index contributed by atoms with van der Waals surface area (Å²) >= 11 is 6.03. The Balaban J connectivity index is 1.91. The molecule has 3 aromatic rings. The van der Waals surface area contributed by atoms with Crippen molar-refractivity contribution in [3.05, 3.63) is 52.5 Å². The average molecular weight is 330 g/mol. The number of benzene rings is 2. The van der Waals surface area contributed by atoms with Crippen molar-refractivity contribution in [2.45, 2.75) is 13.8 Å². The number of hydrogen-bond donors (Lipinski definition) is 2. The van der Waals surface area contributed by atoms with Gasteiger partial charge in [0, 0.05) is 10.7 Å². The van der Waals surface area contributed by atoms with E-state index in [0.29, 0.717) is 23.1 Å². The van der Waals surface area contributed by atoms with E-state index >= 15 is 0 Å². The fourth-order valence-electron chi connectivity index (χ4n) is 2.27. The molecule has 0 saturated heterocycles. The zero-order valence-corrected chi connectivity index (χ0v) is 13.6. The number of aromatic nitrogens is 2. The van der Waals surface area contributed by atoms with E-state index in [0.717, 1.165) is 22.3 Å². The van der Waals surface area contributed by atoms with Gasteiger partial charge >= 0.3 is 5.97 Å². The number of esters is 1. The summed E-state index contributed by atoms with van der Waals surface area (Å²) in [6.45, 7) is 4.11. The highest BCUT2D eigenvalue weighted by Gasteiger charge is 2.10. The van der Waals surface area contributed by atoms with Crippen LogP contribution < -0.4 is 5.32 Å². The fourth-order valence-corrected chi connectivity index (χ4v) is 2.44. The molecule has 0 fully saturated rings. The van der Waals surface area contributed by atoms with Gasteiger partial charge in [0.25, 0.3) is 0 Å². The molecule has 0 bridgehead atoms. The number of carbonyl (C=O) groups is 1. The van der Waals surface area contributed by atoms with Crippen molar-refractivity contribution < 1.29 is 9.53 Å². The van der Waals surface area contributed by atoms with E-state index in [-0.39, 0.29) is 5.97 Å². The minimum Gasteiger partial charge on any atom is -0.462 e. The van der Waals surface area contributed by atoms with Gasteiger partial charge in [-0.25, -0.2) is 9.78 Å². The molecule has 0 aliphatic rings. The Labute approximate surface area is 138 Å². The van der Waals surface area contributed by atoms with Gasteiger partial charge in [0.05, 0.1) is 23.2 Å². The Morgan fingerprint density at radius 3 is 2.91 bits per heavy atom. The number of halogens is 1. The van der Waals surface area contributed by atoms with Crippen molar-refractivity contribution in [3.63, 3.8) is 0 Å². The summed E-state index contributed by atoms with van der Waals surface area (Å²) in [5.41, 5.74) is 3.95. The summed E-state index contributed by atoms with van der Waals surface area (Å²) < 4.78 is 5.00. The van der Waals surface area contributed by atoms with Crippen LogP contribution in [-0.2, 0) is 4.74 Å².